The van der Waals surface area contributed by atoms with Crippen molar-refractivity contribution >= 4 is 11.6 Å². The highest BCUT2D eigenvalue weighted by Crippen LogP contribution is 2.38. The molecule has 2 saturated heterocycles. The van der Waals surface area contributed by atoms with Gasteiger partial charge in [0.25, 0.3) is 0 Å². The third kappa shape index (κ3) is 6.51. The molecule has 2 heterocycles. The molecule has 7 nitrogen and oxygen atoms in total. The normalized spacial score (nSPS) is 18.2. The first kappa shape index (κ1) is 28.0. The van der Waals surface area contributed by atoms with E-state index in [0.717, 1.165) is 37.5 Å². The van der Waals surface area contributed by atoms with Crippen molar-refractivity contribution in [1.82, 2.24) is 14.9 Å². The van der Waals surface area contributed by atoms with Gasteiger partial charge in [-0.05, 0) is 24.3 Å². The standard InChI is InChI=1S/C25H28F6N4O3/c1-37-21-4-3-16(22(12-21)38-2)13-33-5-7-34(8-6-33)35-14-17(15-35)23(36)32-20-10-18(24(26,27)28)9-19(11-20)25(29,30)31/h3-4,9-12,17H,5-8,13-15H2,1-2H3,(H,32,36). The minimum atomic E-state index is -4.98. The van der Waals surface area contributed by atoms with Crippen LogP contribution >= 0.6 is 0 Å². The number of hydrogen-bond acceptors (Lipinski definition) is 6. The van der Waals surface area contributed by atoms with Crippen LogP contribution in [0.15, 0.2) is 36.4 Å². The van der Waals surface area contributed by atoms with Crippen molar-refractivity contribution < 1.29 is 40.6 Å². The van der Waals surface area contributed by atoms with Gasteiger partial charge in [0.1, 0.15) is 11.5 Å². The number of hydrazine groups is 1. The van der Waals surface area contributed by atoms with Gasteiger partial charge in [-0.2, -0.15) is 26.3 Å². The molecule has 2 aromatic carbocycles. The topological polar surface area (TPSA) is 57.3 Å². The van der Waals surface area contributed by atoms with Gasteiger partial charge in [0.05, 0.1) is 31.3 Å². The summed E-state index contributed by atoms with van der Waals surface area (Å²) in [7, 11) is 3.20. The van der Waals surface area contributed by atoms with E-state index in [1.807, 2.05) is 23.2 Å². The average molecular weight is 547 g/mol. The Morgan fingerprint density at radius 1 is 0.868 bits per heavy atom. The number of carbonyl (C=O) groups is 1. The molecular formula is C25H28F6N4O3. The molecule has 1 N–H and O–H groups in total. The van der Waals surface area contributed by atoms with Gasteiger partial charge in [0.15, 0.2) is 0 Å². The number of halogens is 6. The predicted octanol–water partition coefficient (Wildman–Crippen LogP) is 4.34. The van der Waals surface area contributed by atoms with Crippen LogP contribution in [0.1, 0.15) is 16.7 Å². The summed E-state index contributed by atoms with van der Waals surface area (Å²) in [5.41, 5.74) is -2.44. The van der Waals surface area contributed by atoms with Crippen LogP contribution in [0.25, 0.3) is 0 Å². The Morgan fingerprint density at radius 3 is 2.00 bits per heavy atom. The molecular weight excluding hydrogens is 518 g/mol. The van der Waals surface area contributed by atoms with Gasteiger partial charge in [-0.25, -0.2) is 10.0 Å². The van der Waals surface area contributed by atoms with Gasteiger partial charge in [-0.3, -0.25) is 9.69 Å². The zero-order valence-electron chi connectivity index (χ0n) is 20.8. The summed E-state index contributed by atoms with van der Waals surface area (Å²) in [6.45, 7) is 4.35. The van der Waals surface area contributed by atoms with Crippen molar-refractivity contribution in [2.75, 3.05) is 58.8 Å². The van der Waals surface area contributed by atoms with Gasteiger partial charge in [-0.15, -0.1) is 0 Å². The van der Waals surface area contributed by atoms with Gasteiger partial charge >= 0.3 is 12.4 Å². The number of alkyl halides is 6. The van der Waals surface area contributed by atoms with E-state index in [1.165, 1.54) is 0 Å². The lowest BCUT2D eigenvalue weighted by atomic mass is 10.0. The summed E-state index contributed by atoms with van der Waals surface area (Å²) in [5, 5.41) is 6.32. The van der Waals surface area contributed by atoms with Crippen LogP contribution < -0.4 is 14.8 Å². The number of nitrogens with zero attached hydrogens (tertiary/aromatic N) is 3. The summed E-state index contributed by atoms with van der Waals surface area (Å²) >= 11 is 0. The highest BCUT2D eigenvalue weighted by Gasteiger charge is 2.39. The molecule has 0 aromatic heterocycles. The second kappa shape index (κ2) is 11.0. The van der Waals surface area contributed by atoms with Crippen molar-refractivity contribution in [3.63, 3.8) is 0 Å². The van der Waals surface area contributed by atoms with Crippen LogP contribution in [0.2, 0.25) is 0 Å². The van der Waals surface area contributed by atoms with Gasteiger partial charge < -0.3 is 14.8 Å². The summed E-state index contributed by atoms with van der Waals surface area (Å²) in [4.78, 5) is 14.8. The number of hydrogen-bond donors (Lipinski definition) is 1. The Kier molecular flexibility index (Phi) is 8.09. The van der Waals surface area contributed by atoms with Crippen molar-refractivity contribution in [3.05, 3.63) is 53.1 Å². The number of nitrogens with one attached hydrogen (secondary N) is 1. The number of ether oxygens (including phenoxy) is 2. The van der Waals surface area contributed by atoms with Crippen LogP contribution in [0.5, 0.6) is 11.5 Å². The minimum Gasteiger partial charge on any atom is -0.497 e. The Labute approximate surface area is 215 Å². The van der Waals surface area contributed by atoms with Gasteiger partial charge in [-0.1, -0.05) is 6.07 Å². The van der Waals surface area contributed by atoms with E-state index in [1.54, 1.807) is 14.2 Å². The second-order valence-corrected chi connectivity index (χ2v) is 9.26. The fraction of sp³-hybridized carbons (Fsp3) is 0.480. The maximum atomic E-state index is 13.1. The van der Waals surface area contributed by atoms with Crippen LogP contribution in [-0.2, 0) is 23.7 Å². The first-order valence-electron chi connectivity index (χ1n) is 11.9. The summed E-state index contributed by atoms with van der Waals surface area (Å²) in [6.07, 6.45) is -9.96. The number of benzene rings is 2. The SMILES string of the molecule is COc1ccc(CN2CCN(N3CC(C(=O)Nc4cc(C(F)(F)F)cc(C(F)(F)F)c4)C3)CC2)c(OC)c1. The Bertz CT molecular complexity index is 1110. The monoisotopic (exact) mass is 546 g/mol. The fourth-order valence-electron chi connectivity index (χ4n) is 4.53. The lowest BCUT2D eigenvalue weighted by Gasteiger charge is -2.48. The van der Waals surface area contributed by atoms with Crippen molar-refractivity contribution in [2.45, 2.75) is 18.9 Å². The number of anilines is 1. The van der Waals surface area contributed by atoms with Crippen molar-refractivity contribution in [2.24, 2.45) is 5.92 Å². The lowest BCUT2D eigenvalue weighted by molar-refractivity contribution is -0.148. The van der Waals surface area contributed by atoms with Gasteiger partial charge in [0.2, 0.25) is 5.91 Å². The molecule has 2 aliphatic heterocycles. The Hall–Kier alpha value is -3.03. The minimum absolute atomic E-state index is 0.0328. The molecule has 0 spiro atoms. The van der Waals surface area contributed by atoms with Crippen LogP contribution in [-0.4, -0.2) is 74.3 Å². The molecule has 0 aliphatic carbocycles. The van der Waals surface area contributed by atoms with E-state index in [4.69, 9.17) is 9.47 Å². The van der Waals surface area contributed by atoms with Gasteiger partial charge in [0, 0.05) is 63.1 Å². The molecule has 1 amide bonds. The number of rotatable bonds is 7. The third-order valence-corrected chi connectivity index (χ3v) is 6.73. The second-order valence-electron chi connectivity index (χ2n) is 9.26. The number of piperazine rings is 1. The van der Waals surface area contributed by atoms with Crippen LogP contribution in [0, 0.1) is 5.92 Å². The number of carbonyl (C=O) groups excluding carboxylic acids is 1. The Morgan fingerprint density at radius 2 is 1.47 bits per heavy atom. The molecule has 208 valence electrons. The largest absolute Gasteiger partial charge is 0.497 e. The Balaban J connectivity index is 1.28. The summed E-state index contributed by atoms with van der Waals surface area (Å²) in [5.74, 6) is 0.298. The molecule has 4 rings (SSSR count). The lowest BCUT2D eigenvalue weighted by Crippen LogP contribution is -2.63. The molecule has 2 aliphatic rings. The van der Waals surface area contributed by atoms with Crippen molar-refractivity contribution in [3.8, 4) is 11.5 Å². The third-order valence-electron chi connectivity index (χ3n) is 6.73. The molecule has 0 saturated carbocycles. The summed E-state index contributed by atoms with van der Waals surface area (Å²) < 4.78 is 89.2. The molecule has 2 aromatic rings. The molecule has 13 heteroatoms. The zero-order valence-corrected chi connectivity index (χ0v) is 20.8. The predicted molar refractivity (Wildman–Crippen MR) is 127 cm³/mol. The highest BCUT2D eigenvalue weighted by molar-refractivity contribution is 5.93. The van der Waals surface area contributed by atoms with Crippen LogP contribution in [0.4, 0.5) is 32.0 Å². The van der Waals surface area contributed by atoms with E-state index in [2.05, 4.69) is 15.2 Å². The van der Waals surface area contributed by atoms with Crippen molar-refractivity contribution in [1.29, 1.82) is 0 Å². The molecule has 0 atom stereocenters. The molecule has 0 radical (unpaired) electrons. The summed E-state index contributed by atoms with van der Waals surface area (Å²) in [6, 6.07) is 6.74. The molecule has 38 heavy (non-hydrogen) atoms. The average Bonchev–Trinajstić information content (AvgIpc) is 2.83. The number of amides is 1. The van der Waals surface area contributed by atoms with E-state index in [0.29, 0.717) is 37.5 Å². The fourth-order valence-corrected chi connectivity index (χ4v) is 4.53. The van der Waals surface area contributed by atoms with E-state index < -0.39 is 41.0 Å². The van der Waals surface area contributed by atoms with Crippen LogP contribution in [0.3, 0.4) is 0 Å². The zero-order chi connectivity index (χ0) is 27.7. The maximum Gasteiger partial charge on any atom is 0.416 e. The van der Waals surface area contributed by atoms with E-state index >= 15 is 0 Å². The maximum absolute atomic E-state index is 13.1. The smallest absolute Gasteiger partial charge is 0.416 e. The quantitative estimate of drug-likeness (QED) is 0.522. The first-order valence-corrected chi connectivity index (χ1v) is 11.9. The molecule has 0 bridgehead atoms. The van der Waals surface area contributed by atoms with E-state index in [9.17, 15) is 31.1 Å². The highest BCUT2D eigenvalue weighted by atomic mass is 19.4. The molecule has 0 unspecified atom stereocenters. The first-order chi connectivity index (χ1) is 17.9. The molecule has 2 fully saturated rings. The van der Waals surface area contributed by atoms with E-state index in [-0.39, 0.29) is 6.07 Å². The number of methoxy groups -OCH3 is 2.